The SMILES string of the molecule is CC(NC(=O)c1coc(CN)c1)c1ccc(OCC(=O)NC2CC2)cc1. The van der Waals surface area contributed by atoms with Crippen LogP contribution in [0.3, 0.4) is 0 Å². The maximum Gasteiger partial charge on any atom is 0.258 e. The Hall–Kier alpha value is -2.80. The minimum Gasteiger partial charge on any atom is -0.484 e. The highest BCUT2D eigenvalue weighted by Gasteiger charge is 2.23. The van der Waals surface area contributed by atoms with Crippen LogP contribution in [0.5, 0.6) is 5.75 Å². The summed E-state index contributed by atoms with van der Waals surface area (Å²) in [6, 6.07) is 9.06. The molecule has 1 fully saturated rings. The summed E-state index contributed by atoms with van der Waals surface area (Å²) in [4.78, 5) is 23.8. The number of carbonyl (C=O) groups is 2. The maximum absolute atomic E-state index is 12.2. The van der Waals surface area contributed by atoms with Gasteiger partial charge in [0, 0.05) is 6.04 Å². The maximum atomic E-state index is 12.2. The van der Waals surface area contributed by atoms with Crippen LogP contribution in [0.2, 0.25) is 0 Å². The van der Waals surface area contributed by atoms with Crippen LogP contribution in [0.1, 0.15) is 47.5 Å². The summed E-state index contributed by atoms with van der Waals surface area (Å²) in [5.41, 5.74) is 6.85. The number of nitrogens with two attached hydrogens (primary N) is 1. The standard InChI is InChI=1S/C19H23N3O4/c1-12(21-19(24)14-8-17(9-20)25-10-14)13-2-6-16(7-3-13)26-11-18(23)22-15-4-5-15/h2-3,6-8,10,12,15H,4-5,9,11,20H2,1H3,(H,21,24)(H,22,23). The molecule has 0 aliphatic heterocycles. The van der Waals surface area contributed by atoms with Crippen molar-refractivity contribution in [3.63, 3.8) is 0 Å². The van der Waals surface area contributed by atoms with E-state index in [2.05, 4.69) is 10.6 Å². The molecule has 0 radical (unpaired) electrons. The quantitative estimate of drug-likeness (QED) is 0.669. The number of carbonyl (C=O) groups excluding carboxylic acids is 2. The van der Waals surface area contributed by atoms with E-state index in [-0.39, 0.29) is 31.0 Å². The molecule has 7 nitrogen and oxygen atoms in total. The van der Waals surface area contributed by atoms with Gasteiger partial charge in [-0.3, -0.25) is 9.59 Å². The van der Waals surface area contributed by atoms with Crippen LogP contribution >= 0.6 is 0 Å². The third kappa shape index (κ3) is 4.86. The molecular formula is C19H23N3O4. The molecule has 1 heterocycles. The lowest BCUT2D eigenvalue weighted by atomic mass is 10.1. The fourth-order valence-corrected chi connectivity index (χ4v) is 2.47. The molecule has 1 aliphatic rings. The topological polar surface area (TPSA) is 107 Å². The molecule has 1 unspecified atom stereocenters. The van der Waals surface area contributed by atoms with Gasteiger partial charge < -0.3 is 25.5 Å². The van der Waals surface area contributed by atoms with Gasteiger partial charge in [0.1, 0.15) is 17.8 Å². The van der Waals surface area contributed by atoms with Gasteiger partial charge in [-0.25, -0.2) is 0 Å². The number of furan rings is 1. The third-order valence-corrected chi connectivity index (χ3v) is 4.16. The molecule has 1 atom stereocenters. The van der Waals surface area contributed by atoms with E-state index in [1.807, 2.05) is 19.1 Å². The predicted octanol–water partition coefficient (Wildman–Crippen LogP) is 1.89. The van der Waals surface area contributed by atoms with Crippen LogP contribution in [0.25, 0.3) is 0 Å². The molecule has 26 heavy (non-hydrogen) atoms. The first-order valence-corrected chi connectivity index (χ1v) is 8.65. The summed E-state index contributed by atoms with van der Waals surface area (Å²) in [6.07, 6.45) is 3.50. The first-order valence-electron chi connectivity index (χ1n) is 8.65. The average Bonchev–Trinajstić information content (AvgIpc) is 3.32. The molecule has 0 spiro atoms. The molecule has 1 aromatic heterocycles. The van der Waals surface area contributed by atoms with Crippen LogP contribution < -0.4 is 21.1 Å². The van der Waals surface area contributed by atoms with Crippen molar-refractivity contribution in [3.05, 3.63) is 53.5 Å². The van der Waals surface area contributed by atoms with Crippen molar-refractivity contribution >= 4 is 11.8 Å². The van der Waals surface area contributed by atoms with Crippen LogP contribution in [0.4, 0.5) is 0 Å². The van der Waals surface area contributed by atoms with Crippen LogP contribution in [0.15, 0.2) is 41.0 Å². The van der Waals surface area contributed by atoms with Gasteiger partial charge in [-0.05, 0) is 43.5 Å². The molecule has 7 heteroatoms. The summed E-state index contributed by atoms with van der Waals surface area (Å²) >= 11 is 0. The Kier molecular flexibility index (Phi) is 5.58. The largest absolute Gasteiger partial charge is 0.484 e. The molecule has 2 aromatic rings. The van der Waals surface area contributed by atoms with Gasteiger partial charge in [0.2, 0.25) is 0 Å². The van der Waals surface area contributed by atoms with Gasteiger partial charge in [0.25, 0.3) is 11.8 Å². The zero-order chi connectivity index (χ0) is 18.5. The van der Waals surface area contributed by atoms with Gasteiger partial charge in [-0.1, -0.05) is 12.1 Å². The highest BCUT2D eigenvalue weighted by molar-refractivity contribution is 5.94. The molecule has 1 aromatic carbocycles. The highest BCUT2D eigenvalue weighted by Crippen LogP contribution is 2.20. The fourth-order valence-electron chi connectivity index (χ4n) is 2.47. The Bertz CT molecular complexity index is 765. The smallest absolute Gasteiger partial charge is 0.258 e. The van der Waals surface area contributed by atoms with Crippen LogP contribution in [0, 0.1) is 0 Å². The zero-order valence-electron chi connectivity index (χ0n) is 14.7. The first kappa shape index (κ1) is 18.0. The predicted molar refractivity (Wildman–Crippen MR) is 95.6 cm³/mol. The molecule has 4 N–H and O–H groups in total. The van der Waals surface area contributed by atoms with Crippen molar-refractivity contribution < 1.29 is 18.7 Å². The lowest BCUT2D eigenvalue weighted by Gasteiger charge is -2.14. The Labute approximate surface area is 151 Å². The molecule has 0 saturated heterocycles. The monoisotopic (exact) mass is 357 g/mol. The number of rotatable bonds is 8. The van der Waals surface area contributed by atoms with Crippen molar-refractivity contribution in [3.8, 4) is 5.75 Å². The second-order valence-corrected chi connectivity index (χ2v) is 6.40. The van der Waals surface area contributed by atoms with Gasteiger partial charge in [-0.2, -0.15) is 0 Å². The van der Waals surface area contributed by atoms with Crippen molar-refractivity contribution in [2.24, 2.45) is 5.73 Å². The van der Waals surface area contributed by atoms with Gasteiger partial charge in [0.05, 0.1) is 18.2 Å². The zero-order valence-corrected chi connectivity index (χ0v) is 14.7. The summed E-state index contributed by atoms with van der Waals surface area (Å²) in [7, 11) is 0. The third-order valence-electron chi connectivity index (χ3n) is 4.16. The van der Waals surface area contributed by atoms with Crippen LogP contribution in [-0.4, -0.2) is 24.5 Å². The minimum absolute atomic E-state index is 0.00605. The molecule has 3 rings (SSSR count). The Morgan fingerprint density at radius 1 is 1.31 bits per heavy atom. The number of hydrogen-bond donors (Lipinski definition) is 3. The lowest BCUT2D eigenvalue weighted by molar-refractivity contribution is -0.123. The van der Waals surface area contributed by atoms with E-state index in [0.29, 0.717) is 23.1 Å². The number of hydrogen-bond acceptors (Lipinski definition) is 5. The molecule has 138 valence electrons. The van der Waals surface area contributed by atoms with Crippen molar-refractivity contribution in [1.29, 1.82) is 0 Å². The Balaban J connectivity index is 1.50. The van der Waals surface area contributed by atoms with E-state index < -0.39 is 0 Å². The number of ether oxygens (including phenoxy) is 1. The van der Waals surface area contributed by atoms with Crippen molar-refractivity contribution in [1.82, 2.24) is 10.6 Å². The highest BCUT2D eigenvalue weighted by atomic mass is 16.5. The summed E-state index contributed by atoms with van der Waals surface area (Å²) in [6.45, 7) is 2.15. The molecular weight excluding hydrogens is 334 g/mol. The number of benzene rings is 1. The second kappa shape index (κ2) is 8.05. The number of amides is 2. The summed E-state index contributed by atoms with van der Waals surface area (Å²) in [5.74, 6) is 0.850. The van der Waals surface area contributed by atoms with Gasteiger partial charge in [-0.15, -0.1) is 0 Å². The lowest BCUT2D eigenvalue weighted by Crippen LogP contribution is -2.30. The van der Waals surface area contributed by atoms with E-state index in [0.717, 1.165) is 18.4 Å². The Morgan fingerprint density at radius 3 is 2.65 bits per heavy atom. The van der Waals surface area contributed by atoms with Gasteiger partial charge >= 0.3 is 0 Å². The van der Waals surface area contributed by atoms with E-state index >= 15 is 0 Å². The summed E-state index contributed by atoms with van der Waals surface area (Å²) < 4.78 is 10.7. The van der Waals surface area contributed by atoms with E-state index in [4.69, 9.17) is 14.9 Å². The fraction of sp³-hybridized carbons (Fsp3) is 0.368. The average molecular weight is 357 g/mol. The minimum atomic E-state index is -0.224. The normalized spacial score (nSPS) is 14.5. The summed E-state index contributed by atoms with van der Waals surface area (Å²) in [5, 5.41) is 5.77. The van der Waals surface area contributed by atoms with Crippen molar-refractivity contribution in [2.75, 3.05) is 6.61 Å². The van der Waals surface area contributed by atoms with Gasteiger partial charge in [0.15, 0.2) is 6.61 Å². The van der Waals surface area contributed by atoms with E-state index in [1.165, 1.54) is 6.26 Å². The Morgan fingerprint density at radius 2 is 2.04 bits per heavy atom. The molecule has 0 bridgehead atoms. The van der Waals surface area contributed by atoms with E-state index in [9.17, 15) is 9.59 Å². The number of nitrogens with one attached hydrogen (secondary N) is 2. The second-order valence-electron chi connectivity index (χ2n) is 6.40. The van der Waals surface area contributed by atoms with Crippen molar-refractivity contribution in [2.45, 2.75) is 38.4 Å². The molecule has 2 amide bonds. The van der Waals surface area contributed by atoms with Crippen LogP contribution in [-0.2, 0) is 11.3 Å². The van der Waals surface area contributed by atoms with E-state index in [1.54, 1.807) is 18.2 Å². The first-order chi connectivity index (χ1) is 12.5. The molecule has 1 saturated carbocycles. The molecule has 1 aliphatic carbocycles.